The summed E-state index contributed by atoms with van der Waals surface area (Å²) >= 11 is 1.66. The van der Waals surface area contributed by atoms with Gasteiger partial charge in [-0.15, -0.1) is 11.3 Å². The standard InChI is InChI=1S/C12H9NO2.C12H9NOS.CH4/c1-8-4-5-10-9(7-8)13-12(15-10)11-3-2-6-14-11;1-8-4-5-11-9(7-8)13-12(15-11)10-3-2-6-14-10;/h2*2-7H,1H3;1H4. The van der Waals surface area contributed by atoms with E-state index in [4.69, 9.17) is 13.3 Å². The molecule has 0 aliphatic heterocycles. The zero-order valence-electron chi connectivity index (χ0n) is 16.5. The number of nitrogens with zero attached hydrogens (tertiary/aromatic N) is 2. The highest BCUT2D eigenvalue weighted by Gasteiger charge is 2.10. The van der Waals surface area contributed by atoms with Crippen molar-refractivity contribution in [2.75, 3.05) is 0 Å². The van der Waals surface area contributed by atoms with E-state index in [-0.39, 0.29) is 7.43 Å². The van der Waals surface area contributed by atoms with Crippen LogP contribution in [0.5, 0.6) is 0 Å². The molecule has 31 heavy (non-hydrogen) atoms. The molecule has 5 nitrogen and oxygen atoms in total. The average molecular weight is 431 g/mol. The largest absolute Gasteiger partial charge is 0.462 e. The molecule has 0 N–H and O–H groups in total. The summed E-state index contributed by atoms with van der Waals surface area (Å²) in [6.07, 6.45) is 3.28. The SMILES string of the molecule is C.Cc1ccc2oc(-c3ccco3)nc2c1.Cc1ccc2sc(-c3ccco3)nc2c1. The minimum Gasteiger partial charge on any atom is -0.462 e. The van der Waals surface area contributed by atoms with Crippen molar-refractivity contribution in [2.24, 2.45) is 0 Å². The highest BCUT2D eigenvalue weighted by molar-refractivity contribution is 7.21. The lowest BCUT2D eigenvalue weighted by Gasteiger charge is -1.88. The molecule has 0 amide bonds. The Morgan fingerprint density at radius 2 is 1.42 bits per heavy atom. The van der Waals surface area contributed by atoms with Crippen molar-refractivity contribution < 1.29 is 13.3 Å². The smallest absolute Gasteiger partial charge is 0.263 e. The number of hydrogen-bond donors (Lipinski definition) is 0. The van der Waals surface area contributed by atoms with Crippen LogP contribution in [0, 0.1) is 13.8 Å². The monoisotopic (exact) mass is 430 g/mol. The summed E-state index contributed by atoms with van der Waals surface area (Å²) in [6.45, 7) is 4.10. The molecule has 0 bridgehead atoms. The average Bonchev–Trinajstić information content (AvgIpc) is 3.53. The van der Waals surface area contributed by atoms with Gasteiger partial charge in [-0.3, -0.25) is 0 Å². The number of aryl methyl sites for hydroxylation is 2. The molecular weight excluding hydrogens is 408 g/mol. The van der Waals surface area contributed by atoms with Crippen molar-refractivity contribution >= 4 is 32.7 Å². The molecule has 6 aromatic rings. The first-order valence-corrected chi connectivity index (χ1v) is 10.3. The number of hydrogen-bond acceptors (Lipinski definition) is 6. The fourth-order valence-corrected chi connectivity index (χ4v) is 4.00. The third-order valence-corrected chi connectivity index (χ3v) is 5.60. The fraction of sp³-hybridized carbons (Fsp3) is 0.120. The molecule has 156 valence electrons. The summed E-state index contributed by atoms with van der Waals surface area (Å²) in [6, 6.07) is 19.7. The summed E-state index contributed by atoms with van der Waals surface area (Å²) in [4.78, 5) is 8.90. The second kappa shape index (κ2) is 8.62. The summed E-state index contributed by atoms with van der Waals surface area (Å²) < 4.78 is 17.3. The predicted octanol–water partition coefficient (Wildman–Crippen LogP) is 7.90. The van der Waals surface area contributed by atoms with Gasteiger partial charge < -0.3 is 13.3 Å². The zero-order valence-corrected chi connectivity index (χ0v) is 17.3. The van der Waals surface area contributed by atoms with Gasteiger partial charge in [0.2, 0.25) is 0 Å². The predicted molar refractivity (Wildman–Crippen MR) is 125 cm³/mol. The molecule has 0 spiro atoms. The maximum Gasteiger partial charge on any atom is 0.263 e. The molecular formula is C25H22N2O3S. The number of rotatable bonds is 2. The molecule has 0 atom stereocenters. The number of thiazole rings is 1. The van der Waals surface area contributed by atoms with E-state index >= 15 is 0 Å². The summed E-state index contributed by atoms with van der Waals surface area (Å²) in [5.74, 6) is 2.03. The number of aromatic nitrogens is 2. The molecule has 6 rings (SSSR count). The van der Waals surface area contributed by atoms with Crippen molar-refractivity contribution in [3.63, 3.8) is 0 Å². The first-order valence-electron chi connectivity index (χ1n) is 9.48. The third-order valence-electron chi connectivity index (χ3n) is 4.55. The van der Waals surface area contributed by atoms with Gasteiger partial charge in [-0.05, 0) is 73.5 Å². The molecule has 0 saturated heterocycles. The lowest BCUT2D eigenvalue weighted by Crippen LogP contribution is -1.72. The quantitative estimate of drug-likeness (QED) is 0.279. The van der Waals surface area contributed by atoms with Crippen LogP contribution in [0.15, 0.2) is 86.4 Å². The lowest BCUT2D eigenvalue weighted by molar-refractivity contribution is 0.535. The lowest BCUT2D eigenvalue weighted by atomic mass is 10.2. The van der Waals surface area contributed by atoms with Gasteiger partial charge in [-0.1, -0.05) is 19.6 Å². The van der Waals surface area contributed by atoms with Gasteiger partial charge in [-0.2, -0.15) is 0 Å². The van der Waals surface area contributed by atoms with Gasteiger partial charge in [0.1, 0.15) is 5.52 Å². The van der Waals surface area contributed by atoms with E-state index in [0.29, 0.717) is 11.7 Å². The number of oxazole rings is 1. The van der Waals surface area contributed by atoms with Crippen LogP contribution in [0.4, 0.5) is 0 Å². The van der Waals surface area contributed by atoms with Crippen molar-refractivity contribution in [3.05, 3.63) is 84.3 Å². The van der Waals surface area contributed by atoms with E-state index in [0.717, 1.165) is 27.4 Å². The van der Waals surface area contributed by atoms with E-state index in [2.05, 4.69) is 35.1 Å². The molecule has 6 heteroatoms. The maximum atomic E-state index is 5.56. The minimum absolute atomic E-state index is 0. The Labute approximate surface area is 184 Å². The van der Waals surface area contributed by atoms with Crippen LogP contribution in [0.2, 0.25) is 0 Å². The van der Waals surface area contributed by atoms with Crippen LogP contribution in [-0.2, 0) is 0 Å². The van der Waals surface area contributed by atoms with Gasteiger partial charge in [0.05, 0.1) is 22.7 Å². The Balaban J connectivity index is 0.000000144. The second-order valence-corrected chi connectivity index (χ2v) is 7.97. The van der Waals surface area contributed by atoms with Crippen LogP contribution < -0.4 is 0 Å². The van der Waals surface area contributed by atoms with E-state index < -0.39 is 0 Å². The van der Waals surface area contributed by atoms with Crippen molar-refractivity contribution in [1.82, 2.24) is 9.97 Å². The van der Waals surface area contributed by atoms with Gasteiger partial charge in [0.15, 0.2) is 22.1 Å². The zero-order chi connectivity index (χ0) is 20.5. The Morgan fingerprint density at radius 1 is 0.742 bits per heavy atom. The second-order valence-electron chi connectivity index (χ2n) is 6.93. The molecule has 4 heterocycles. The van der Waals surface area contributed by atoms with Crippen molar-refractivity contribution in [1.29, 1.82) is 0 Å². The molecule has 0 unspecified atom stereocenters. The third kappa shape index (κ3) is 4.29. The van der Waals surface area contributed by atoms with E-state index in [1.54, 1.807) is 23.9 Å². The molecule has 0 aliphatic rings. The van der Waals surface area contributed by atoms with E-state index in [9.17, 15) is 0 Å². The normalized spacial score (nSPS) is 10.6. The van der Waals surface area contributed by atoms with Crippen LogP contribution in [-0.4, -0.2) is 9.97 Å². The summed E-state index contributed by atoms with van der Waals surface area (Å²) in [7, 11) is 0. The Kier molecular flexibility index (Phi) is 5.73. The molecule has 0 aliphatic carbocycles. The van der Waals surface area contributed by atoms with Crippen LogP contribution in [0.1, 0.15) is 18.6 Å². The molecule has 0 radical (unpaired) electrons. The minimum atomic E-state index is 0. The first kappa shape index (κ1) is 20.6. The number of benzene rings is 2. The molecule has 4 aromatic heterocycles. The molecule has 2 aromatic carbocycles. The van der Waals surface area contributed by atoms with Crippen LogP contribution >= 0.6 is 11.3 Å². The van der Waals surface area contributed by atoms with Gasteiger partial charge in [0, 0.05) is 0 Å². The highest BCUT2D eigenvalue weighted by atomic mass is 32.1. The number of fused-ring (bicyclic) bond motifs is 2. The van der Waals surface area contributed by atoms with Crippen molar-refractivity contribution in [2.45, 2.75) is 21.3 Å². The van der Waals surface area contributed by atoms with Gasteiger partial charge >= 0.3 is 0 Å². The molecule has 0 saturated carbocycles. The summed E-state index contributed by atoms with van der Waals surface area (Å²) in [5.41, 5.74) is 5.10. The fourth-order valence-electron chi connectivity index (χ4n) is 3.09. The van der Waals surface area contributed by atoms with E-state index in [1.807, 2.05) is 49.4 Å². The van der Waals surface area contributed by atoms with Gasteiger partial charge in [0.25, 0.3) is 5.89 Å². The molecule has 0 fully saturated rings. The Bertz CT molecular complexity index is 1300. The van der Waals surface area contributed by atoms with Crippen LogP contribution in [0.3, 0.4) is 0 Å². The Hall–Kier alpha value is -3.64. The first-order chi connectivity index (χ1) is 14.7. The van der Waals surface area contributed by atoms with Crippen LogP contribution in [0.25, 0.3) is 43.7 Å². The van der Waals surface area contributed by atoms with Gasteiger partial charge in [-0.25, -0.2) is 9.97 Å². The van der Waals surface area contributed by atoms with E-state index in [1.165, 1.54) is 15.8 Å². The van der Waals surface area contributed by atoms with Crippen molar-refractivity contribution in [3.8, 4) is 22.4 Å². The highest BCUT2D eigenvalue weighted by Crippen LogP contribution is 2.30. The topological polar surface area (TPSA) is 65.2 Å². The Morgan fingerprint density at radius 3 is 2.13 bits per heavy atom. The number of furan rings is 2. The summed E-state index contributed by atoms with van der Waals surface area (Å²) in [5, 5.41) is 0.945. The maximum absolute atomic E-state index is 5.56.